The summed E-state index contributed by atoms with van der Waals surface area (Å²) in [5.74, 6) is 0.996. The molecule has 1 saturated heterocycles. The fraction of sp³-hybridized carbons (Fsp3) is 0.625. The summed E-state index contributed by atoms with van der Waals surface area (Å²) in [7, 11) is 0. The number of rotatable bonds is 5. The Balaban J connectivity index is 1.88. The molecule has 0 N–H and O–H groups in total. The predicted octanol–water partition coefficient (Wildman–Crippen LogP) is 2.74. The lowest BCUT2D eigenvalue weighted by atomic mass is 10.1. The molecule has 1 aromatic carbocycles. The summed E-state index contributed by atoms with van der Waals surface area (Å²) in [5, 5.41) is 0. The fourth-order valence-corrected chi connectivity index (χ4v) is 2.43. The molecule has 3 nitrogen and oxygen atoms in total. The van der Waals surface area contributed by atoms with E-state index in [1.165, 1.54) is 5.56 Å². The molecule has 0 amide bonds. The van der Waals surface area contributed by atoms with Crippen molar-refractivity contribution in [1.29, 1.82) is 0 Å². The van der Waals surface area contributed by atoms with Crippen molar-refractivity contribution in [2.75, 3.05) is 26.3 Å². The van der Waals surface area contributed by atoms with E-state index >= 15 is 0 Å². The Kier molecular flexibility index (Phi) is 5.23. The van der Waals surface area contributed by atoms with Crippen molar-refractivity contribution in [1.82, 2.24) is 4.90 Å². The molecule has 2 rings (SSSR count). The first kappa shape index (κ1) is 14.4. The SMILES string of the molecule is CCc1ccccc1OCC1CN(C(C)C)CCO1. The van der Waals surface area contributed by atoms with Crippen molar-refractivity contribution < 1.29 is 9.47 Å². The van der Waals surface area contributed by atoms with E-state index < -0.39 is 0 Å². The summed E-state index contributed by atoms with van der Waals surface area (Å²) in [6.45, 7) is 10.1. The maximum atomic E-state index is 5.94. The van der Waals surface area contributed by atoms with Gasteiger partial charge in [0.15, 0.2) is 0 Å². The lowest BCUT2D eigenvalue weighted by molar-refractivity contribution is -0.0565. The minimum absolute atomic E-state index is 0.182. The molecule has 1 heterocycles. The van der Waals surface area contributed by atoms with Gasteiger partial charge in [0, 0.05) is 19.1 Å². The largest absolute Gasteiger partial charge is 0.491 e. The molecule has 1 unspecified atom stereocenters. The second-order valence-electron chi connectivity index (χ2n) is 5.35. The number of para-hydroxylation sites is 1. The van der Waals surface area contributed by atoms with E-state index in [1.54, 1.807) is 0 Å². The highest BCUT2D eigenvalue weighted by atomic mass is 16.5. The molecule has 1 aliphatic rings. The Morgan fingerprint density at radius 1 is 1.37 bits per heavy atom. The lowest BCUT2D eigenvalue weighted by Crippen LogP contribution is -2.47. The average Bonchev–Trinajstić information content (AvgIpc) is 2.45. The first-order valence-electron chi connectivity index (χ1n) is 7.27. The van der Waals surface area contributed by atoms with Crippen LogP contribution < -0.4 is 4.74 Å². The summed E-state index contributed by atoms with van der Waals surface area (Å²) < 4.78 is 11.7. The highest BCUT2D eigenvalue weighted by Crippen LogP contribution is 2.19. The Labute approximate surface area is 116 Å². The van der Waals surface area contributed by atoms with Crippen LogP contribution in [0.15, 0.2) is 24.3 Å². The summed E-state index contributed by atoms with van der Waals surface area (Å²) in [5.41, 5.74) is 1.26. The maximum Gasteiger partial charge on any atom is 0.122 e. The molecule has 0 radical (unpaired) electrons. The lowest BCUT2D eigenvalue weighted by Gasteiger charge is -2.35. The first-order valence-corrected chi connectivity index (χ1v) is 7.27. The third kappa shape index (κ3) is 3.95. The number of hydrogen-bond donors (Lipinski definition) is 0. The highest BCUT2D eigenvalue weighted by molar-refractivity contribution is 5.33. The molecule has 0 saturated carbocycles. The van der Waals surface area contributed by atoms with Crippen LogP contribution in [0.25, 0.3) is 0 Å². The van der Waals surface area contributed by atoms with Crippen molar-refractivity contribution in [3.05, 3.63) is 29.8 Å². The standard InChI is InChI=1S/C16H25NO2/c1-4-14-7-5-6-8-16(14)19-12-15-11-17(13(2)3)9-10-18-15/h5-8,13,15H,4,9-12H2,1-3H3. The van der Waals surface area contributed by atoms with E-state index in [0.717, 1.165) is 31.9 Å². The molecule has 0 aromatic heterocycles. The first-order chi connectivity index (χ1) is 9.20. The molecule has 0 spiro atoms. The third-order valence-electron chi connectivity index (χ3n) is 3.68. The molecule has 1 aromatic rings. The van der Waals surface area contributed by atoms with Crippen LogP contribution in [0.3, 0.4) is 0 Å². The monoisotopic (exact) mass is 263 g/mol. The van der Waals surface area contributed by atoms with Crippen LogP contribution in [0.1, 0.15) is 26.3 Å². The molecule has 0 bridgehead atoms. The van der Waals surface area contributed by atoms with Crippen molar-refractivity contribution in [3.63, 3.8) is 0 Å². The molecule has 1 aliphatic heterocycles. The van der Waals surface area contributed by atoms with Gasteiger partial charge in [-0.3, -0.25) is 4.90 Å². The zero-order valence-corrected chi connectivity index (χ0v) is 12.3. The van der Waals surface area contributed by atoms with Gasteiger partial charge in [0.05, 0.1) is 6.61 Å². The van der Waals surface area contributed by atoms with E-state index in [1.807, 2.05) is 12.1 Å². The number of aryl methyl sites for hydroxylation is 1. The van der Waals surface area contributed by atoms with Crippen LogP contribution in [0.4, 0.5) is 0 Å². The van der Waals surface area contributed by atoms with Crippen LogP contribution in [-0.2, 0) is 11.2 Å². The van der Waals surface area contributed by atoms with Gasteiger partial charge in [0.1, 0.15) is 18.5 Å². The number of nitrogens with zero attached hydrogens (tertiary/aromatic N) is 1. The normalized spacial score (nSPS) is 20.7. The topological polar surface area (TPSA) is 21.7 Å². The molecule has 1 atom stereocenters. The number of hydrogen-bond acceptors (Lipinski definition) is 3. The predicted molar refractivity (Wildman–Crippen MR) is 77.8 cm³/mol. The average molecular weight is 263 g/mol. The van der Waals surface area contributed by atoms with Crippen LogP contribution in [0.5, 0.6) is 5.75 Å². The van der Waals surface area contributed by atoms with Gasteiger partial charge in [-0.2, -0.15) is 0 Å². The van der Waals surface area contributed by atoms with Crippen molar-refractivity contribution >= 4 is 0 Å². The summed E-state index contributed by atoms with van der Waals surface area (Å²) in [6, 6.07) is 8.83. The van der Waals surface area contributed by atoms with E-state index in [4.69, 9.17) is 9.47 Å². The third-order valence-corrected chi connectivity index (χ3v) is 3.68. The summed E-state index contributed by atoms with van der Waals surface area (Å²) in [4.78, 5) is 2.45. The van der Waals surface area contributed by atoms with Gasteiger partial charge in [-0.1, -0.05) is 25.1 Å². The smallest absolute Gasteiger partial charge is 0.122 e. The van der Waals surface area contributed by atoms with Gasteiger partial charge >= 0.3 is 0 Å². The van der Waals surface area contributed by atoms with Crippen LogP contribution in [0, 0.1) is 0 Å². The Morgan fingerprint density at radius 2 is 2.16 bits per heavy atom. The van der Waals surface area contributed by atoms with Gasteiger partial charge in [0.2, 0.25) is 0 Å². The van der Waals surface area contributed by atoms with Crippen molar-refractivity contribution in [3.8, 4) is 5.75 Å². The van der Waals surface area contributed by atoms with Gasteiger partial charge in [-0.15, -0.1) is 0 Å². The Morgan fingerprint density at radius 3 is 2.89 bits per heavy atom. The van der Waals surface area contributed by atoms with E-state index in [9.17, 15) is 0 Å². The van der Waals surface area contributed by atoms with Crippen molar-refractivity contribution in [2.24, 2.45) is 0 Å². The van der Waals surface area contributed by atoms with Crippen LogP contribution >= 0.6 is 0 Å². The van der Waals surface area contributed by atoms with Crippen LogP contribution in [-0.4, -0.2) is 43.3 Å². The van der Waals surface area contributed by atoms with Gasteiger partial charge in [-0.25, -0.2) is 0 Å². The zero-order valence-electron chi connectivity index (χ0n) is 12.3. The number of morpholine rings is 1. The molecule has 0 aliphatic carbocycles. The van der Waals surface area contributed by atoms with E-state index in [0.29, 0.717) is 12.6 Å². The quantitative estimate of drug-likeness (QED) is 0.815. The molecule has 19 heavy (non-hydrogen) atoms. The number of ether oxygens (including phenoxy) is 2. The van der Waals surface area contributed by atoms with Gasteiger partial charge < -0.3 is 9.47 Å². The Bertz CT molecular complexity index is 392. The van der Waals surface area contributed by atoms with Gasteiger partial charge in [-0.05, 0) is 31.9 Å². The number of benzene rings is 1. The fourth-order valence-electron chi connectivity index (χ4n) is 2.43. The second kappa shape index (κ2) is 6.92. The van der Waals surface area contributed by atoms with E-state index in [2.05, 4.69) is 37.8 Å². The summed E-state index contributed by atoms with van der Waals surface area (Å²) >= 11 is 0. The molecular weight excluding hydrogens is 238 g/mol. The zero-order chi connectivity index (χ0) is 13.7. The minimum Gasteiger partial charge on any atom is -0.491 e. The maximum absolute atomic E-state index is 5.94. The second-order valence-corrected chi connectivity index (χ2v) is 5.35. The molecule has 3 heteroatoms. The van der Waals surface area contributed by atoms with E-state index in [-0.39, 0.29) is 6.10 Å². The van der Waals surface area contributed by atoms with Crippen LogP contribution in [0.2, 0.25) is 0 Å². The Hall–Kier alpha value is -1.06. The van der Waals surface area contributed by atoms with Crippen molar-refractivity contribution in [2.45, 2.75) is 39.3 Å². The molecular formula is C16H25NO2. The van der Waals surface area contributed by atoms with Gasteiger partial charge in [0.25, 0.3) is 0 Å². The summed E-state index contributed by atoms with van der Waals surface area (Å²) in [6.07, 6.45) is 1.18. The highest BCUT2D eigenvalue weighted by Gasteiger charge is 2.22. The molecule has 1 fully saturated rings. The minimum atomic E-state index is 0.182. The molecule has 106 valence electrons.